The van der Waals surface area contributed by atoms with E-state index in [1.807, 2.05) is 6.07 Å². The molecule has 0 saturated carbocycles. The lowest BCUT2D eigenvalue weighted by molar-refractivity contribution is -0.183. The molecule has 3 rings (SSSR count). The van der Waals surface area contributed by atoms with Gasteiger partial charge in [0.05, 0.1) is 0 Å². The van der Waals surface area contributed by atoms with Gasteiger partial charge < -0.3 is 9.47 Å². The molecule has 0 N–H and O–H groups in total. The topological polar surface area (TPSA) is 18.5 Å². The first kappa shape index (κ1) is 21.0. The minimum absolute atomic E-state index is 0.269. The maximum Gasteiger partial charge on any atom is 0.221 e. The van der Waals surface area contributed by atoms with E-state index in [4.69, 9.17) is 9.47 Å². The molecule has 3 aromatic rings. The Labute approximate surface area is 175 Å². The average Bonchev–Trinajstić information content (AvgIpc) is 2.76. The largest absolute Gasteiger partial charge is 0.346 e. The molecule has 3 aromatic carbocycles. The first-order valence-corrected chi connectivity index (χ1v) is 11.9. The molecule has 1 unspecified atom stereocenters. The van der Waals surface area contributed by atoms with Crippen LogP contribution in [0.5, 0.6) is 0 Å². The van der Waals surface area contributed by atoms with Crippen molar-refractivity contribution in [3.05, 3.63) is 90.0 Å². The summed E-state index contributed by atoms with van der Waals surface area (Å²) in [7, 11) is 3.66. The summed E-state index contributed by atoms with van der Waals surface area (Å²) in [5, 5.41) is 0. The molecular formula is C24H27O2S2+. The molecule has 0 aliphatic heterocycles. The van der Waals surface area contributed by atoms with E-state index < -0.39 is 5.79 Å². The van der Waals surface area contributed by atoms with Crippen molar-refractivity contribution in [1.82, 2.24) is 0 Å². The minimum Gasteiger partial charge on any atom is -0.346 e. The smallest absolute Gasteiger partial charge is 0.221 e. The fourth-order valence-electron chi connectivity index (χ4n) is 3.16. The average molecular weight is 412 g/mol. The number of methoxy groups -OCH3 is 2. The molecule has 4 heteroatoms. The van der Waals surface area contributed by atoms with Crippen LogP contribution in [0, 0.1) is 0 Å². The normalized spacial score (nSPS) is 12.7. The highest BCUT2D eigenvalue weighted by atomic mass is 32.2. The second-order valence-corrected chi connectivity index (χ2v) is 9.88. The Kier molecular flexibility index (Phi) is 7.24. The second kappa shape index (κ2) is 9.66. The monoisotopic (exact) mass is 411 g/mol. The van der Waals surface area contributed by atoms with Gasteiger partial charge in [-0.25, -0.2) is 0 Å². The molecular weight excluding hydrogens is 384 g/mol. The summed E-state index contributed by atoms with van der Waals surface area (Å²) in [6, 6.07) is 27.4. The SMILES string of the molecule is CC[S+](C)c1ccc(C(OC)(OC)c2ccc(Sc3ccccc3)cc2)cc1. The Morgan fingerprint density at radius 3 is 1.75 bits per heavy atom. The van der Waals surface area contributed by atoms with E-state index in [0.717, 1.165) is 16.9 Å². The number of rotatable bonds is 8. The summed E-state index contributed by atoms with van der Waals surface area (Å²) in [6.07, 6.45) is 2.28. The van der Waals surface area contributed by atoms with E-state index in [9.17, 15) is 0 Å². The molecule has 2 nitrogen and oxygen atoms in total. The standard InChI is InChI=1S/C24H27O2S2/c1-5-28(4)23-17-13-20(14-18-23)24(25-2,26-3)19-11-15-22(16-12-19)27-21-9-7-6-8-10-21/h6-18H,5H2,1-4H3/q+1. The fraction of sp³-hybridized carbons (Fsp3) is 0.250. The van der Waals surface area contributed by atoms with Gasteiger partial charge in [-0.3, -0.25) is 0 Å². The van der Waals surface area contributed by atoms with E-state index in [2.05, 4.69) is 86.0 Å². The van der Waals surface area contributed by atoms with Crippen LogP contribution in [0.3, 0.4) is 0 Å². The molecule has 1 atom stereocenters. The van der Waals surface area contributed by atoms with Crippen molar-refractivity contribution in [3.63, 3.8) is 0 Å². The molecule has 0 bridgehead atoms. The number of hydrogen-bond donors (Lipinski definition) is 0. The van der Waals surface area contributed by atoms with Crippen molar-refractivity contribution in [1.29, 1.82) is 0 Å². The highest BCUT2D eigenvalue weighted by Gasteiger charge is 2.35. The van der Waals surface area contributed by atoms with Gasteiger partial charge in [-0.05, 0) is 55.5 Å². The van der Waals surface area contributed by atoms with Gasteiger partial charge in [0.15, 0.2) is 4.90 Å². The first-order valence-electron chi connectivity index (χ1n) is 9.29. The zero-order valence-electron chi connectivity index (χ0n) is 16.8. The summed E-state index contributed by atoms with van der Waals surface area (Å²) < 4.78 is 11.8. The summed E-state index contributed by atoms with van der Waals surface area (Å²) in [4.78, 5) is 3.77. The molecule has 0 heterocycles. The Morgan fingerprint density at radius 2 is 1.25 bits per heavy atom. The zero-order chi connectivity index (χ0) is 20.0. The van der Waals surface area contributed by atoms with Crippen molar-refractivity contribution in [2.24, 2.45) is 0 Å². The Morgan fingerprint density at radius 1 is 0.750 bits per heavy atom. The van der Waals surface area contributed by atoms with Crippen LogP contribution in [0.4, 0.5) is 0 Å². The Balaban J connectivity index is 1.88. The second-order valence-electron chi connectivity index (χ2n) is 6.41. The van der Waals surface area contributed by atoms with Crippen molar-refractivity contribution in [2.45, 2.75) is 27.4 Å². The van der Waals surface area contributed by atoms with Gasteiger partial charge in [0, 0.05) is 46.0 Å². The summed E-state index contributed by atoms with van der Waals surface area (Å²) in [6.45, 7) is 2.22. The lowest BCUT2D eigenvalue weighted by atomic mass is 9.97. The molecule has 0 aromatic heterocycles. The van der Waals surface area contributed by atoms with Crippen molar-refractivity contribution in [3.8, 4) is 0 Å². The van der Waals surface area contributed by atoms with E-state index in [1.165, 1.54) is 14.7 Å². The summed E-state index contributed by atoms with van der Waals surface area (Å²) >= 11 is 1.74. The van der Waals surface area contributed by atoms with Crippen LogP contribution in [0.15, 0.2) is 93.5 Å². The van der Waals surface area contributed by atoms with Gasteiger partial charge in [0.25, 0.3) is 0 Å². The van der Waals surface area contributed by atoms with Crippen molar-refractivity contribution in [2.75, 3.05) is 26.2 Å². The van der Waals surface area contributed by atoms with Crippen molar-refractivity contribution < 1.29 is 9.47 Å². The maximum absolute atomic E-state index is 5.92. The molecule has 146 valence electrons. The minimum atomic E-state index is -0.910. The highest BCUT2D eigenvalue weighted by Crippen LogP contribution is 2.36. The molecule has 0 aliphatic rings. The third-order valence-corrected chi connectivity index (χ3v) is 7.82. The zero-order valence-corrected chi connectivity index (χ0v) is 18.5. The summed E-state index contributed by atoms with van der Waals surface area (Å²) in [5.74, 6) is 0.243. The van der Waals surface area contributed by atoms with Crippen LogP contribution >= 0.6 is 11.8 Å². The van der Waals surface area contributed by atoms with Gasteiger partial charge >= 0.3 is 0 Å². The first-order chi connectivity index (χ1) is 13.6. The maximum atomic E-state index is 5.92. The lowest BCUT2D eigenvalue weighted by Crippen LogP contribution is -2.32. The van der Waals surface area contributed by atoms with Gasteiger partial charge in [-0.2, -0.15) is 0 Å². The van der Waals surface area contributed by atoms with Crippen molar-refractivity contribution >= 4 is 22.7 Å². The number of ether oxygens (including phenoxy) is 2. The molecule has 0 amide bonds. The number of hydrogen-bond acceptors (Lipinski definition) is 3. The Bertz CT molecular complexity index is 857. The lowest BCUT2D eigenvalue weighted by Gasteiger charge is -2.32. The number of benzene rings is 3. The van der Waals surface area contributed by atoms with Gasteiger partial charge in [0.1, 0.15) is 12.0 Å². The van der Waals surface area contributed by atoms with E-state index in [0.29, 0.717) is 0 Å². The van der Waals surface area contributed by atoms with Gasteiger partial charge in [-0.1, -0.05) is 42.1 Å². The highest BCUT2D eigenvalue weighted by molar-refractivity contribution is 7.99. The molecule has 0 radical (unpaired) electrons. The predicted octanol–water partition coefficient (Wildman–Crippen LogP) is 5.96. The Hall–Kier alpha value is -1.72. The van der Waals surface area contributed by atoms with E-state index >= 15 is 0 Å². The van der Waals surface area contributed by atoms with Crippen LogP contribution in [-0.4, -0.2) is 26.2 Å². The van der Waals surface area contributed by atoms with Crippen LogP contribution in [0.25, 0.3) is 0 Å². The third kappa shape index (κ3) is 4.47. The van der Waals surface area contributed by atoms with Gasteiger partial charge in [0.2, 0.25) is 5.79 Å². The fourth-order valence-corrected chi connectivity index (χ4v) is 4.93. The molecule has 28 heavy (non-hydrogen) atoms. The van der Waals surface area contributed by atoms with Crippen LogP contribution < -0.4 is 0 Å². The van der Waals surface area contributed by atoms with E-state index in [1.54, 1.807) is 26.0 Å². The third-order valence-electron chi connectivity index (χ3n) is 4.86. The van der Waals surface area contributed by atoms with Crippen LogP contribution in [0.1, 0.15) is 18.1 Å². The quantitative estimate of drug-likeness (QED) is 0.337. The molecule has 0 aliphatic carbocycles. The van der Waals surface area contributed by atoms with Gasteiger partial charge in [-0.15, -0.1) is 0 Å². The predicted molar refractivity (Wildman–Crippen MR) is 120 cm³/mol. The molecule has 0 fully saturated rings. The summed E-state index contributed by atoms with van der Waals surface area (Å²) in [5.41, 5.74) is 1.98. The van der Waals surface area contributed by atoms with Crippen LogP contribution in [-0.2, 0) is 26.2 Å². The molecule has 0 saturated heterocycles. The van der Waals surface area contributed by atoms with Crippen LogP contribution in [0.2, 0.25) is 0 Å². The van der Waals surface area contributed by atoms with E-state index in [-0.39, 0.29) is 10.9 Å². The molecule has 0 spiro atoms.